The van der Waals surface area contributed by atoms with Gasteiger partial charge in [-0.2, -0.15) is 0 Å². The lowest BCUT2D eigenvalue weighted by Crippen LogP contribution is -2.36. The van der Waals surface area contributed by atoms with Crippen molar-refractivity contribution in [3.8, 4) is 5.75 Å². The van der Waals surface area contributed by atoms with Crippen LogP contribution in [-0.2, 0) is 4.79 Å². The Morgan fingerprint density at radius 3 is 2.83 bits per heavy atom. The topological polar surface area (TPSA) is 50.4 Å². The third kappa shape index (κ3) is 3.47. The third-order valence-electron chi connectivity index (χ3n) is 3.11. The van der Waals surface area contributed by atoms with Gasteiger partial charge >= 0.3 is 0 Å². The normalized spacial score (nSPS) is 16.1. The summed E-state index contributed by atoms with van der Waals surface area (Å²) in [6, 6.07) is 8.25. The van der Waals surface area contributed by atoms with Crippen molar-refractivity contribution in [1.82, 2.24) is 10.6 Å². The molecular weight excluding hydrogens is 228 g/mol. The molecule has 2 N–H and O–H groups in total. The number of nitrogens with one attached hydrogen (secondary N) is 2. The first-order valence-electron chi connectivity index (χ1n) is 6.36. The summed E-state index contributed by atoms with van der Waals surface area (Å²) < 4.78 is 5.29. The Balaban J connectivity index is 1.89. The molecule has 4 nitrogen and oxygen atoms in total. The maximum Gasteiger partial charge on any atom is 0.234 e. The zero-order valence-electron chi connectivity index (χ0n) is 10.9. The van der Waals surface area contributed by atoms with E-state index in [1.165, 1.54) is 12.8 Å². The van der Waals surface area contributed by atoms with Crippen LogP contribution in [0.25, 0.3) is 0 Å². The van der Waals surface area contributed by atoms with Gasteiger partial charge in [-0.1, -0.05) is 18.2 Å². The Morgan fingerprint density at radius 1 is 1.44 bits per heavy atom. The number of rotatable bonds is 6. The molecule has 98 valence electrons. The molecule has 1 aliphatic carbocycles. The summed E-state index contributed by atoms with van der Waals surface area (Å²) in [6.07, 6.45) is 2.38. The van der Waals surface area contributed by atoms with Gasteiger partial charge in [-0.05, 0) is 25.8 Å². The molecule has 0 heterocycles. The standard InChI is InChI=1S/C14H20N2O2/c1-10(12-5-3-4-6-13(12)18-2)16-14(17)9-15-11-7-8-11/h3-6,10-11,15H,7-9H2,1-2H3,(H,16,17). The van der Waals surface area contributed by atoms with Crippen molar-refractivity contribution in [3.05, 3.63) is 29.8 Å². The van der Waals surface area contributed by atoms with Crippen LogP contribution in [0.1, 0.15) is 31.4 Å². The van der Waals surface area contributed by atoms with Crippen LogP contribution in [0, 0.1) is 0 Å². The van der Waals surface area contributed by atoms with E-state index in [0.717, 1.165) is 11.3 Å². The number of ether oxygens (including phenoxy) is 1. The molecule has 0 radical (unpaired) electrons. The average Bonchev–Trinajstić information content (AvgIpc) is 3.20. The summed E-state index contributed by atoms with van der Waals surface area (Å²) >= 11 is 0. The molecule has 0 aromatic heterocycles. The lowest BCUT2D eigenvalue weighted by molar-refractivity contribution is -0.120. The number of methoxy groups -OCH3 is 1. The predicted molar refractivity (Wildman–Crippen MR) is 70.6 cm³/mol. The van der Waals surface area contributed by atoms with Gasteiger partial charge in [0.15, 0.2) is 0 Å². The molecule has 4 heteroatoms. The van der Waals surface area contributed by atoms with Crippen LogP contribution in [-0.4, -0.2) is 25.6 Å². The Kier molecular flexibility index (Phi) is 4.20. The number of amides is 1. The summed E-state index contributed by atoms with van der Waals surface area (Å²) in [5.74, 6) is 0.834. The molecule has 1 amide bonds. The molecule has 1 aliphatic rings. The van der Waals surface area contributed by atoms with E-state index in [1.807, 2.05) is 31.2 Å². The molecule has 1 atom stereocenters. The third-order valence-corrected chi connectivity index (χ3v) is 3.11. The predicted octanol–water partition coefficient (Wildman–Crippen LogP) is 1.62. The lowest BCUT2D eigenvalue weighted by Gasteiger charge is -2.17. The van der Waals surface area contributed by atoms with Crippen LogP contribution in [0.15, 0.2) is 24.3 Å². The lowest BCUT2D eigenvalue weighted by atomic mass is 10.1. The first-order valence-corrected chi connectivity index (χ1v) is 6.36. The molecule has 1 unspecified atom stereocenters. The van der Waals surface area contributed by atoms with E-state index in [1.54, 1.807) is 7.11 Å². The molecular formula is C14H20N2O2. The highest BCUT2D eigenvalue weighted by molar-refractivity contribution is 5.78. The molecule has 1 aromatic rings. The molecule has 0 aliphatic heterocycles. The van der Waals surface area contributed by atoms with E-state index in [0.29, 0.717) is 12.6 Å². The van der Waals surface area contributed by atoms with Crippen molar-refractivity contribution in [1.29, 1.82) is 0 Å². The van der Waals surface area contributed by atoms with Gasteiger partial charge in [-0.25, -0.2) is 0 Å². The van der Waals surface area contributed by atoms with Crippen LogP contribution in [0.3, 0.4) is 0 Å². The summed E-state index contributed by atoms with van der Waals surface area (Å²) in [4.78, 5) is 11.7. The molecule has 0 spiro atoms. The van der Waals surface area contributed by atoms with Gasteiger partial charge in [0.2, 0.25) is 5.91 Å². The molecule has 0 bridgehead atoms. The van der Waals surface area contributed by atoms with Crippen molar-refractivity contribution in [2.75, 3.05) is 13.7 Å². The minimum absolute atomic E-state index is 0.0281. The van der Waals surface area contributed by atoms with Crippen LogP contribution < -0.4 is 15.4 Å². The number of carbonyl (C=O) groups excluding carboxylic acids is 1. The maximum atomic E-state index is 11.7. The molecule has 0 saturated heterocycles. The molecule has 1 saturated carbocycles. The summed E-state index contributed by atoms with van der Waals surface area (Å²) in [6.45, 7) is 2.36. The van der Waals surface area contributed by atoms with Crippen molar-refractivity contribution < 1.29 is 9.53 Å². The van der Waals surface area contributed by atoms with Gasteiger partial charge in [0.25, 0.3) is 0 Å². The molecule has 18 heavy (non-hydrogen) atoms. The van der Waals surface area contributed by atoms with Gasteiger partial charge in [-0.3, -0.25) is 4.79 Å². The second-order valence-electron chi connectivity index (χ2n) is 4.69. The fourth-order valence-electron chi connectivity index (χ4n) is 1.92. The molecule has 1 fully saturated rings. The SMILES string of the molecule is COc1ccccc1C(C)NC(=O)CNC1CC1. The Morgan fingerprint density at radius 2 is 2.17 bits per heavy atom. The van der Waals surface area contributed by atoms with Crippen LogP contribution in [0.4, 0.5) is 0 Å². The number of carbonyl (C=O) groups is 1. The van der Waals surface area contributed by atoms with E-state index < -0.39 is 0 Å². The smallest absolute Gasteiger partial charge is 0.234 e. The van der Waals surface area contributed by atoms with Gasteiger partial charge in [-0.15, -0.1) is 0 Å². The van der Waals surface area contributed by atoms with Crippen molar-refractivity contribution >= 4 is 5.91 Å². The van der Waals surface area contributed by atoms with E-state index in [-0.39, 0.29) is 11.9 Å². The van der Waals surface area contributed by atoms with Crippen LogP contribution in [0.2, 0.25) is 0 Å². The monoisotopic (exact) mass is 248 g/mol. The fourth-order valence-corrected chi connectivity index (χ4v) is 1.92. The molecule has 2 rings (SSSR count). The highest BCUT2D eigenvalue weighted by Gasteiger charge is 2.21. The Bertz CT molecular complexity index is 416. The molecule has 1 aromatic carbocycles. The van der Waals surface area contributed by atoms with E-state index in [2.05, 4.69) is 10.6 Å². The Labute approximate surface area is 108 Å². The first kappa shape index (κ1) is 12.9. The van der Waals surface area contributed by atoms with Crippen LogP contribution >= 0.6 is 0 Å². The number of para-hydroxylation sites is 1. The summed E-state index contributed by atoms with van der Waals surface area (Å²) in [5.41, 5.74) is 1.000. The second-order valence-corrected chi connectivity index (χ2v) is 4.69. The quantitative estimate of drug-likeness (QED) is 0.804. The number of hydrogen-bond acceptors (Lipinski definition) is 3. The second kappa shape index (κ2) is 5.87. The zero-order chi connectivity index (χ0) is 13.0. The average molecular weight is 248 g/mol. The van der Waals surface area contributed by atoms with Gasteiger partial charge in [0.1, 0.15) is 5.75 Å². The minimum Gasteiger partial charge on any atom is -0.496 e. The summed E-state index contributed by atoms with van der Waals surface area (Å²) in [7, 11) is 1.64. The number of benzene rings is 1. The summed E-state index contributed by atoms with van der Waals surface area (Å²) in [5, 5.41) is 6.17. The van der Waals surface area contributed by atoms with Crippen molar-refractivity contribution in [2.24, 2.45) is 0 Å². The van der Waals surface area contributed by atoms with E-state index in [4.69, 9.17) is 4.74 Å². The van der Waals surface area contributed by atoms with Crippen molar-refractivity contribution in [2.45, 2.75) is 31.8 Å². The highest BCUT2D eigenvalue weighted by atomic mass is 16.5. The van der Waals surface area contributed by atoms with E-state index in [9.17, 15) is 4.79 Å². The largest absolute Gasteiger partial charge is 0.496 e. The van der Waals surface area contributed by atoms with Crippen molar-refractivity contribution in [3.63, 3.8) is 0 Å². The number of hydrogen-bond donors (Lipinski definition) is 2. The minimum atomic E-state index is -0.0466. The van der Waals surface area contributed by atoms with E-state index >= 15 is 0 Å². The first-order chi connectivity index (χ1) is 8.70. The maximum absolute atomic E-state index is 11.7. The highest BCUT2D eigenvalue weighted by Crippen LogP contribution is 2.24. The van der Waals surface area contributed by atoms with Gasteiger partial charge in [0, 0.05) is 11.6 Å². The van der Waals surface area contributed by atoms with Crippen LogP contribution in [0.5, 0.6) is 5.75 Å². The Hall–Kier alpha value is -1.55. The zero-order valence-corrected chi connectivity index (χ0v) is 10.9. The fraction of sp³-hybridized carbons (Fsp3) is 0.500. The van der Waals surface area contributed by atoms with Gasteiger partial charge < -0.3 is 15.4 Å². The van der Waals surface area contributed by atoms with Gasteiger partial charge in [0.05, 0.1) is 19.7 Å².